The van der Waals surface area contributed by atoms with Gasteiger partial charge < -0.3 is 15.4 Å². The van der Waals surface area contributed by atoms with Crippen molar-refractivity contribution in [1.29, 1.82) is 0 Å². The second-order valence-corrected chi connectivity index (χ2v) is 9.18. The zero-order chi connectivity index (χ0) is 26.3. The Hall–Kier alpha value is -4.28. The zero-order valence-corrected chi connectivity index (χ0v) is 21.0. The molecule has 0 spiro atoms. The first kappa shape index (κ1) is 25.4. The number of piperazine rings is 1. The van der Waals surface area contributed by atoms with E-state index in [1.165, 1.54) is 0 Å². The van der Waals surface area contributed by atoms with E-state index in [4.69, 9.17) is 4.74 Å². The Labute approximate surface area is 221 Å². The van der Waals surface area contributed by atoms with Crippen molar-refractivity contribution >= 4 is 35.1 Å². The van der Waals surface area contributed by atoms with Crippen LogP contribution in [-0.2, 0) is 16.1 Å². The summed E-state index contributed by atoms with van der Waals surface area (Å²) in [4.78, 5) is 48.6. The van der Waals surface area contributed by atoms with Gasteiger partial charge in [0.2, 0.25) is 5.91 Å². The number of hydrogen-bond acceptors (Lipinski definition) is 7. The van der Waals surface area contributed by atoms with Gasteiger partial charge in [-0.2, -0.15) is 0 Å². The van der Waals surface area contributed by atoms with E-state index in [-0.39, 0.29) is 25.0 Å². The molecule has 1 saturated heterocycles. The van der Waals surface area contributed by atoms with Crippen molar-refractivity contribution in [2.24, 2.45) is 0 Å². The Morgan fingerprint density at radius 2 is 1.66 bits per heavy atom. The number of nitrogens with zero attached hydrogens (tertiary/aromatic N) is 4. The van der Waals surface area contributed by atoms with Crippen molar-refractivity contribution in [2.75, 3.05) is 56.0 Å². The van der Waals surface area contributed by atoms with E-state index in [9.17, 15) is 14.4 Å². The Morgan fingerprint density at radius 1 is 0.921 bits per heavy atom. The molecule has 2 aromatic carbocycles. The van der Waals surface area contributed by atoms with Gasteiger partial charge in [0, 0.05) is 45.5 Å². The molecule has 0 atom stereocenters. The Kier molecular flexibility index (Phi) is 7.91. The van der Waals surface area contributed by atoms with Crippen LogP contribution in [0, 0.1) is 0 Å². The maximum Gasteiger partial charge on any atom is 0.407 e. The zero-order valence-electron chi connectivity index (χ0n) is 21.0. The normalized spacial score (nSPS) is 15.6. The van der Waals surface area contributed by atoms with Gasteiger partial charge in [-0.3, -0.25) is 24.3 Å². The average Bonchev–Trinajstić information content (AvgIpc) is 3.07. The summed E-state index contributed by atoms with van der Waals surface area (Å²) in [7, 11) is 0. The summed E-state index contributed by atoms with van der Waals surface area (Å²) >= 11 is 0. The highest BCUT2D eigenvalue weighted by molar-refractivity contribution is 6.17. The molecule has 2 aliphatic rings. The van der Waals surface area contributed by atoms with Crippen molar-refractivity contribution < 1.29 is 19.1 Å². The van der Waals surface area contributed by atoms with E-state index in [0.717, 1.165) is 18.7 Å². The van der Waals surface area contributed by atoms with Crippen LogP contribution in [0.3, 0.4) is 0 Å². The maximum absolute atomic E-state index is 13.6. The molecule has 0 saturated carbocycles. The number of amides is 3. The van der Waals surface area contributed by atoms with E-state index in [1.807, 2.05) is 36.4 Å². The smallest absolute Gasteiger partial charge is 0.407 e. The monoisotopic (exact) mass is 514 g/mol. The van der Waals surface area contributed by atoms with Gasteiger partial charge in [-0.15, -0.1) is 0 Å². The van der Waals surface area contributed by atoms with Gasteiger partial charge in [0.15, 0.2) is 5.82 Å². The first-order chi connectivity index (χ1) is 18.6. The number of para-hydroxylation sites is 1. The second-order valence-electron chi connectivity index (χ2n) is 9.18. The summed E-state index contributed by atoms with van der Waals surface area (Å²) in [6, 6.07) is 20.1. The van der Waals surface area contributed by atoms with Crippen LogP contribution in [0.15, 0.2) is 72.9 Å². The Bertz CT molecular complexity index is 1290. The van der Waals surface area contributed by atoms with E-state index in [2.05, 4.69) is 25.4 Å². The second kappa shape index (κ2) is 11.8. The number of rotatable bonds is 7. The largest absolute Gasteiger partial charge is 0.445 e. The maximum atomic E-state index is 13.6. The lowest BCUT2D eigenvalue weighted by Crippen LogP contribution is -2.51. The molecule has 196 valence electrons. The van der Waals surface area contributed by atoms with Crippen LogP contribution >= 0.6 is 0 Å². The highest BCUT2D eigenvalue weighted by Crippen LogP contribution is 2.36. The summed E-state index contributed by atoms with van der Waals surface area (Å²) in [6.45, 7) is 4.62. The summed E-state index contributed by atoms with van der Waals surface area (Å²) in [5.74, 6) is 0.00107. The van der Waals surface area contributed by atoms with Crippen LogP contribution in [-0.4, -0.2) is 78.5 Å². The fraction of sp³-hybridized carbons (Fsp3) is 0.286. The Balaban J connectivity index is 1.12. The lowest BCUT2D eigenvalue weighted by atomic mass is 10.1. The lowest BCUT2D eigenvalue weighted by molar-refractivity contribution is -0.119. The summed E-state index contributed by atoms with van der Waals surface area (Å²) < 4.78 is 5.25. The van der Waals surface area contributed by atoms with E-state index < -0.39 is 6.09 Å². The number of benzene rings is 2. The number of pyridine rings is 1. The molecule has 0 radical (unpaired) electrons. The molecule has 38 heavy (non-hydrogen) atoms. The summed E-state index contributed by atoms with van der Waals surface area (Å²) in [5.41, 5.74) is 2.40. The van der Waals surface area contributed by atoms with Crippen molar-refractivity contribution in [2.45, 2.75) is 6.61 Å². The van der Waals surface area contributed by atoms with Gasteiger partial charge in [-0.05, 0) is 29.8 Å². The molecule has 1 fully saturated rings. The van der Waals surface area contributed by atoms with Crippen LogP contribution in [0.25, 0.3) is 0 Å². The first-order valence-corrected chi connectivity index (χ1v) is 12.7. The van der Waals surface area contributed by atoms with Gasteiger partial charge in [-0.1, -0.05) is 42.5 Å². The third-order valence-corrected chi connectivity index (χ3v) is 6.62. The number of anilines is 3. The highest BCUT2D eigenvalue weighted by Gasteiger charge is 2.31. The molecular formula is C28H30N6O4. The number of nitrogens with one attached hydrogen (secondary N) is 2. The quantitative estimate of drug-likeness (QED) is 0.499. The molecule has 0 aliphatic carbocycles. The van der Waals surface area contributed by atoms with Crippen molar-refractivity contribution in [3.8, 4) is 0 Å². The van der Waals surface area contributed by atoms with E-state index in [1.54, 1.807) is 41.4 Å². The molecule has 3 amide bonds. The molecule has 0 unspecified atom stereocenters. The third-order valence-electron chi connectivity index (χ3n) is 6.62. The lowest BCUT2D eigenvalue weighted by Gasteiger charge is -2.35. The third kappa shape index (κ3) is 5.99. The van der Waals surface area contributed by atoms with Crippen LogP contribution in [0.2, 0.25) is 0 Å². The SMILES string of the molecule is O=C(NCCN1CCN(CC(=O)N2c3ccccc3C(=O)Nc3cccnc32)CC1)OCc1ccccc1. The number of ether oxygens (including phenoxy) is 1. The number of fused-ring (bicyclic) bond motifs is 2. The van der Waals surface area contributed by atoms with Gasteiger partial charge in [0.05, 0.1) is 23.5 Å². The average molecular weight is 515 g/mol. The minimum atomic E-state index is -0.433. The van der Waals surface area contributed by atoms with Crippen molar-refractivity contribution in [3.63, 3.8) is 0 Å². The Morgan fingerprint density at radius 3 is 2.47 bits per heavy atom. The van der Waals surface area contributed by atoms with Crippen LogP contribution in [0.4, 0.5) is 22.0 Å². The summed E-state index contributed by atoms with van der Waals surface area (Å²) in [5, 5.41) is 5.66. The molecule has 3 heterocycles. The number of alkyl carbamates (subject to hydrolysis) is 1. The molecular weight excluding hydrogens is 484 g/mol. The predicted octanol–water partition coefficient (Wildman–Crippen LogP) is 2.86. The highest BCUT2D eigenvalue weighted by atomic mass is 16.5. The van der Waals surface area contributed by atoms with Crippen LogP contribution in [0.5, 0.6) is 0 Å². The standard InChI is InChI=1S/C28H30N6O4/c35-25(34-24-11-5-4-9-22(24)27(36)31-23-10-6-12-29-26(23)34)19-33-17-15-32(16-18-33)14-13-30-28(37)38-20-21-7-2-1-3-8-21/h1-12H,13-20H2,(H,30,37)(H,31,36). The van der Waals surface area contributed by atoms with Gasteiger partial charge in [-0.25, -0.2) is 9.78 Å². The minimum Gasteiger partial charge on any atom is -0.445 e. The van der Waals surface area contributed by atoms with Crippen molar-refractivity contribution in [1.82, 2.24) is 20.1 Å². The molecule has 5 rings (SSSR count). The number of carbonyl (C=O) groups excluding carboxylic acids is 3. The van der Waals surface area contributed by atoms with Gasteiger partial charge >= 0.3 is 6.09 Å². The van der Waals surface area contributed by atoms with E-state index in [0.29, 0.717) is 48.9 Å². The molecule has 3 aromatic rings. The van der Waals surface area contributed by atoms with Crippen LogP contribution < -0.4 is 15.5 Å². The summed E-state index contributed by atoms with van der Waals surface area (Å²) in [6.07, 6.45) is 1.18. The first-order valence-electron chi connectivity index (χ1n) is 12.7. The molecule has 10 nitrogen and oxygen atoms in total. The molecule has 1 aromatic heterocycles. The topological polar surface area (TPSA) is 107 Å². The predicted molar refractivity (Wildman–Crippen MR) is 143 cm³/mol. The van der Waals surface area contributed by atoms with Crippen molar-refractivity contribution in [3.05, 3.63) is 84.1 Å². The molecule has 2 N–H and O–H groups in total. The molecule has 10 heteroatoms. The fourth-order valence-electron chi connectivity index (χ4n) is 4.61. The number of carbonyl (C=O) groups is 3. The number of hydrogen-bond donors (Lipinski definition) is 2. The molecule has 2 aliphatic heterocycles. The number of aromatic nitrogens is 1. The molecule has 0 bridgehead atoms. The minimum absolute atomic E-state index is 0.148. The van der Waals surface area contributed by atoms with Crippen LogP contribution in [0.1, 0.15) is 15.9 Å². The fourth-order valence-corrected chi connectivity index (χ4v) is 4.61. The van der Waals surface area contributed by atoms with Gasteiger partial charge in [0.1, 0.15) is 6.61 Å². The van der Waals surface area contributed by atoms with Gasteiger partial charge in [0.25, 0.3) is 5.91 Å². The van der Waals surface area contributed by atoms with E-state index >= 15 is 0 Å².